The number of aryl methyl sites for hydroxylation is 1. The van der Waals surface area contributed by atoms with E-state index in [4.69, 9.17) is 5.11 Å². The van der Waals surface area contributed by atoms with Crippen LogP contribution < -0.4 is 0 Å². The topological polar surface area (TPSA) is 20.2 Å². The summed E-state index contributed by atoms with van der Waals surface area (Å²) in [5, 5.41) is 10.9. The lowest BCUT2D eigenvalue weighted by atomic mass is 10.1. The molecule has 0 atom stereocenters. The second-order valence-electron chi connectivity index (χ2n) is 3.10. The van der Waals surface area contributed by atoms with Crippen molar-refractivity contribution in [1.29, 1.82) is 0 Å². The van der Waals surface area contributed by atoms with Crippen molar-refractivity contribution in [3.8, 4) is 5.75 Å². The van der Waals surface area contributed by atoms with Gasteiger partial charge in [-0.15, -0.1) is 0 Å². The van der Waals surface area contributed by atoms with Crippen LogP contribution in [0.25, 0.3) is 10.8 Å². The van der Waals surface area contributed by atoms with Crippen molar-refractivity contribution in [2.45, 2.75) is 6.92 Å². The Kier molecular flexibility index (Phi) is 1.69. The van der Waals surface area contributed by atoms with Crippen LogP contribution in [0.4, 0.5) is 4.39 Å². The third-order valence-electron chi connectivity index (χ3n) is 2.17. The standard InChI is InChI=1S/C11H9FO/c1-7-3-2-4-8-5-10(12)11(13)6-9(7)8/h2-6,13H,1H3. The van der Waals surface area contributed by atoms with Gasteiger partial charge >= 0.3 is 0 Å². The first-order chi connectivity index (χ1) is 6.18. The number of phenolic OH excluding ortho intramolecular Hbond substituents is 1. The van der Waals surface area contributed by atoms with Gasteiger partial charge in [-0.1, -0.05) is 18.2 Å². The Morgan fingerprint density at radius 1 is 1.23 bits per heavy atom. The fourth-order valence-electron chi connectivity index (χ4n) is 1.44. The van der Waals surface area contributed by atoms with Gasteiger partial charge in [-0.2, -0.15) is 0 Å². The van der Waals surface area contributed by atoms with Crippen molar-refractivity contribution in [2.24, 2.45) is 0 Å². The molecule has 0 bridgehead atoms. The highest BCUT2D eigenvalue weighted by Gasteiger charge is 2.03. The molecule has 0 aliphatic carbocycles. The van der Waals surface area contributed by atoms with Crippen molar-refractivity contribution in [1.82, 2.24) is 0 Å². The molecular formula is C11H9FO. The van der Waals surface area contributed by atoms with Gasteiger partial charge in [-0.05, 0) is 35.4 Å². The van der Waals surface area contributed by atoms with E-state index >= 15 is 0 Å². The van der Waals surface area contributed by atoms with Gasteiger partial charge in [0.2, 0.25) is 0 Å². The van der Waals surface area contributed by atoms with E-state index in [0.29, 0.717) is 0 Å². The number of phenols is 1. The highest BCUT2D eigenvalue weighted by molar-refractivity contribution is 5.86. The summed E-state index contributed by atoms with van der Waals surface area (Å²) < 4.78 is 12.9. The lowest BCUT2D eigenvalue weighted by Crippen LogP contribution is -1.81. The van der Waals surface area contributed by atoms with Crippen LogP contribution in [0.3, 0.4) is 0 Å². The molecule has 0 saturated carbocycles. The van der Waals surface area contributed by atoms with Crippen LogP contribution in [-0.4, -0.2) is 5.11 Å². The molecule has 2 rings (SSSR count). The molecular weight excluding hydrogens is 167 g/mol. The molecule has 66 valence electrons. The number of hydrogen-bond acceptors (Lipinski definition) is 1. The largest absolute Gasteiger partial charge is 0.505 e. The van der Waals surface area contributed by atoms with Crippen LogP contribution in [0.5, 0.6) is 5.75 Å². The first kappa shape index (κ1) is 8.05. The lowest BCUT2D eigenvalue weighted by Gasteiger charge is -2.02. The normalized spacial score (nSPS) is 10.6. The molecule has 0 unspecified atom stereocenters. The number of halogens is 1. The third-order valence-corrected chi connectivity index (χ3v) is 2.17. The van der Waals surface area contributed by atoms with Gasteiger partial charge in [-0.3, -0.25) is 0 Å². The summed E-state index contributed by atoms with van der Waals surface area (Å²) in [7, 11) is 0. The van der Waals surface area contributed by atoms with E-state index in [1.54, 1.807) is 0 Å². The number of aromatic hydroxyl groups is 1. The summed E-state index contributed by atoms with van der Waals surface area (Å²) in [6, 6.07) is 8.43. The van der Waals surface area contributed by atoms with Crippen molar-refractivity contribution < 1.29 is 9.50 Å². The summed E-state index contributed by atoms with van der Waals surface area (Å²) in [5.41, 5.74) is 1.04. The molecule has 1 N–H and O–H groups in total. The molecule has 0 spiro atoms. The van der Waals surface area contributed by atoms with Crippen LogP contribution in [0.2, 0.25) is 0 Å². The molecule has 2 aromatic rings. The Morgan fingerprint density at radius 2 is 2.00 bits per heavy atom. The molecule has 0 heterocycles. The maximum atomic E-state index is 12.9. The van der Waals surface area contributed by atoms with Crippen LogP contribution in [0.1, 0.15) is 5.56 Å². The van der Waals surface area contributed by atoms with E-state index < -0.39 is 5.82 Å². The molecule has 0 aliphatic rings. The van der Waals surface area contributed by atoms with E-state index in [9.17, 15) is 4.39 Å². The third kappa shape index (κ3) is 1.24. The zero-order valence-corrected chi connectivity index (χ0v) is 7.21. The van der Waals surface area contributed by atoms with Crippen molar-refractivity contribution in [3.63, 3.8) is 0 Å². The summed E-state index contributed by atoms with van der Waals surface area (Å²) in [4.78, 5) is 0. The van der Waals surface area contributed by atoms with Crippen LogP contribution in [0, 0.1) is 12.7 Å². The molecule has 0 saturated heterocycles. The molecule has 0 aromatic heterocycles. The number of fused-ring (bicyclic) bond motifs is 1. The van der Waals surface area contributed by atoms with Gasteiger partial charge in [0.15, 0.2) is 11.6 Å². The number of hydrogen-bond donors (Lipinski definition) is 1. The number of benzene rings is 2. The summed E-state index contributed by atoms with van der Waals surface area (Å²) >= 11 is 0. The van der Waals surface area contributed by atoms with E-state index in [-0.39, 0.29) is 5.75 Å². The van der Waals surface area contributed by atoms with Gasteiger partial charge in [0.05, 0.1) is 0 Å². The quantitative estimate of drug-likeness (QED) is 0.654. The van der Waals surface area contributed by atoms with E-state index in [2.05, 4.69) is 0 Å². The molecule has 1 nitrogen and oxygen atoms in total. The molecule has 0 aliphatic heterocycles. The minimum Gasteiger partial charge on any atom is -0.505 e. The average Bonchev–Trinajstić information content (AvgIpc) is 2.09. The van der Waals surface area contributed by atoms with Gasteiger partial charge in [0, 0.05) is 0 Å². The predicted molar refractivity (Wildman–Crippen MR) is 50.3 cm³/mol. The molecule has 0 radical (unpaired) electrons. The lowest BCUT2D eigenvalue weighted by molar-refractivity contribution is 0.433. The second kappa shape index (κ2) is 2.73. The van der Waals surface area contributed by atoms with Crippen molar-refractivity contribution in [2.75, 3.05) is 0 Å². The minimum absolute atomic E-state index is 0.290. The second-order valence-corrected chi connectivity index (χ2v) is 3.10. The Hall–Kier alpha value is -1.57. The zero-order chi connectivity index (χ0) is 9.42. The monoisotopic (exact) mass is 176 g/mol. The SMILES string of the molecule is Cc1cccc2cc(F)c(O)cc12. The Balaban J connectivity index is 2.89. The summed E-state index contributed by atoms with van der Waals surface area (Å²) in [6.45, 7) is 1.93. The van der Waals surface area contributed by atoms with E-state index in [1.165, 1.54) is 12.1 Å². The fraction of sp³-hybridized carbons (Fsp3) is 0.0909. The fourth-order valence-corrected chi connectivity index (χ4v) is 1.44. The first-order valence-electron chi connectivity index (χ1n) is 4.06. The van der Waals surface area contributed by atoms with Gasteiger partial charge in [-0.25, -0.2) is 4.39 Å². The zero-order valence-electron chi connectivity index (χ0n) is 7.21. The molecule has 2 heteroatoms. The Labute approximate surface area is 75.4 Å². The molecule has 2 aromatic carbocycles. The molecule has 0 fully saturated rings. The van der Waals surface area contributed by atoms with Crippen molar-refractivity contribution >= 4 is 10.8 Å². The Bertz CT molecular complexity index is 463. The summed E-state index contributed by atoms with van der Waals surface area (Å²) in [5.74, 6) is -0.861. The maximum Gasteiger partial charge on any atom is 0.165 e. The van der Waals surface area contributed by atoms with E-state index in [1.807, 2.05) is 25.1 Å². The van der Waals surface area contributed by atoms with Crippen LogP contribution in [0.15, 0.2) is 30.3 Å². The smallest absolute Gasteiger partial charge is 0.165 e. The predicted octanol–water partition coefficient (Wildman–Crippen LogP) is 2.99. The van der Waals surface area contributed by atoms with Gasteiger partial charge in [0.25, 0.3) is 0 Å². The van der Waals surface area contributed by atoms with Crippen molar-refractivity contribution in [3.05, 3.63) is 41.7 Å². The Morgan fingerprint density at radius 3 is 2.77 bits per heavy atom. The highest BCUT2D eigenvalue weighted by Crippen LogP contribution is 2.25. The average molecular weight is 176 g/mol. The minimum atomic E-state index is -0.571. The maximum absolute atomic E-state index is 12.9. The van der Waals surface area contributed by atoms with Crippen LogP contribution >= 0.6 is 0 Å². The molecule has 13 heavy (non-hydrogen) atoms. The van der Waals surface area contributed by atoms with E-state index in [0.717, 1.165) is 16.3 Å². The number of rotatable bonds is 0. The van der Waals surface area contributed by atoms with Gasteiger partial charge < -0.3 is 5.11 Å². The molecule has 0 amide bonds. The van der Waals surface area contributed by atoms with Crippen LogP contribution in [-0.2, 0) is 0 Å². The highest BCUT2D eigenvalue weighted by atomic mass is 19.1. The van der Waals surface area contributed by atoms with Gasteiger partial charge in [0.1, 0.15) is 0 Å². The summed E-state index contributed by atoms with van der Waals surface area (Å²) in [6.07, 6.45) is 0. The first-order valence-corrected chi connectivity index (χ1v) is 4.06.